The summed E-state index contributed by atoms with van der Waals surface area (Å²) in [5, 5.41) is 9.75. The minimum Gasteiger partial charge on any atom is -0.438 e. The largest absolute Gasteiger partial charge is 0.438 e. The van der Waals surface area contributed by atoms with Crippen molar-refractivity contribution >= 4 is 27.5 Å². The van der Waals surface area contributed by atoms with E-state index in [0.717, 1.165) is 15.1 Å². The Hall–Kier alpha value is -2.69. The van der Waals surface area contributed by atoms with Gasteiger partial charge >= 0.3 is 0 Å². The molecule has 0 radical (unpaired) electrons. The zero-order valence-electron chi connectivity index (χ0n) is 11.1. The third-order valence-electron chi connectivity index (χ3n) is 2.79. The molecular formula is C14H11N5OS. The molecule has 2 aromatic heterocycles. The highest BCUT2D eigenvalue weighted by atomic mass is 32.1. The number of rotatable bonds is 3. The van der Waals surface area contributed by atoms with Gasteiger partial charge in [0.05, 0.1) is 17.0 Å². The number of hydrogen-bond donors (Lipinski definition) is 2. The Kier molecular flexibility index (Phi) is 3.39. The first kappa shape index (κ1) is 13.3. The Labute approximate surface area is 124 Å². The number of nitrogens with one attached hydrogen (secondary N) is 1. The zero-order chi connectivity index (χ0) is 14.8. The SMILES string of the molecule is Cc1cc2c(Oc3cccc(C#N)c3)nc(NN)nc2s1. The maximum absolute atomic E-state index is 8.93. The van der Waals surface area contributed by atoms with Gasteiger partial charge in [-0.1, -0.05) is 6.07 Å². The van der Waals surface area contributed by atoms with Gasteiger partial charge in [0.1, 0.15) is 10.6 Å². The number of benzene rings is 1. The summed E-state index contributed by atoms with van der Waals surface area (Å²) in [6.07, 6.45) is 0. The summed E-state index contributed by atoms with van der Waals surface area (Å²) in [5.74, 6) is 6.63. The average molecular weight is 297 g/mol. The maximum atomic E-state index is 8.93. The van der Waals surface area contributed by atoms with Crippen molar-refractivity contribution in [1.29, 1.82) is 5.26 Å². The molecular weight excluding hydrogens is 286 g/mol. The lowest BCUT2D eigenvalue weighted by Gasteiger charge is -2.07. The number of fused-ring (bicyclic) bond motifs is 1. The maximum Gasteiger partial charge on any atom is 0.241 e. The fraction of sp³-hybridized carbons (Fsp3) is 0.0714. The number of nitrogens with two attached hydrogens (primary N) is 1. The number of ether oxygens (including phenoxy) is 1. The van der Waals surface area contributed by atoms with E-state index in [9.17, 15) is 0 Å². The van der Waals surface area contributed by atoms with Crippen LogP contribution in [0.5, 0.6) is 11.6 Å². The molecule has 0 aliphatic carbocycles. The van der Waals surface area contributed by atoms with Crippen LogP contribution < -0.4 is 16.0 Å². The second kappa shape index (κ2) is 5.36. The third kappa shape index (κ3) is 2.63. The molecule has 7 heteroatoms. The van der Waals surface area contributed by atoms with Crippen LogP contribution in [0.25, 0.3) is 10.2 Å². The number of aromatic nitrogens is 2. The standard InChI is InChI=1S/C14H11N5OS/c1-8-5-11-12(17-14(19-16)18-13(11)21-8)20-10-4-2-3-9(6-10)7-15/h2-6H,16H2,1H3,(H,17,18,19). The Morgan fingerprint density at radius 3 is 2.95 bits per heavy atom. The number of aryl methyl sites for hydroxylation is 1. The first-order valence-electron chi connectivity index (χ1n) is 6.12. The van der Waals surface area contributed by atoms with Gasteiger partial charge in [0, 0.05) is 4.88 Å². The molecule has 0 saturated heterocycles. The fourth-order valence-corrected chi connectivity index (χ4v) is 2.77. The highest BCUT2D eigenvalue weighted by Gasteiger charge is 2.12. The normalized spacial score (nSPS) is 10.3. The van der Waals surface area contributed by atoms with Gasteiger partial charge in [0.15, 0.2) is 0 Å². The fourth-order valence-electron chi connectivity index (χ4n) is 1.90. The van der Waals surface area contributed by atoms with Crippen molar-refractivity contribution in [3.05, 3.63) is 40.8 Å². The van der Waals surface area contributed by atoms with E-state index in [-0.39, 0.29) is 5.95 Å². The number of hydrazine groups is 1. The zero-order valence-corrected chi connectivity index (χ0v) is 11.9. The highest BCUT2D eigenvalue weighted by molar-refractivity contribution is 7.18. The van der Waals surface area contributed by atoms with E-state index in [4.69, 9.17) is 15.8 Å². The van der Waals surface area contributed by atoms with Gasteiger partial charge in [-0.2, -0.15) is 10.2 Å². The van der Waals surface area contributed by atoms with E-state index in [2.05, 4.69) is 21.5 Å². The van der Waals surface area contributed by atoms with Crippen LogP contribution >= 0.6 is 11.3 Å². The molecule has 0 unspecified atom stereocenters. The second-order valence-electron chi connectivity index (χ2n) is 4.31. The molecule has 6 nitrogen and oxygen atoms in total. The molecule has 0 amide bonds. The molecule has 3 rings (SSSR count). The number of nitrogens with zero attached hydrogens (tertiary/aromatic N) is 3. The van der Waals surface area contributed by atoms with Gasteiger partial charge in [-0.25, -0.2) is 10.8 Å². The van der Waals surface area contributed by atoms with Crippen molar-refractivity contribution in [3.8, 4) is 17.7 Å². The topological polar surface area (TPSA) is 96.8 Å². The molecule has 3 aromatic rings. The molecule has 3 N–H and O–H groups in total. The van der Waals surface area contributed by atoms with Crippen LogP contribution in [0.1, 0.15) is 10.4 Å². The van der Waals surface area contributed by atoms with Gasteiger partial charge in [-0.05, 0) is 31.2 Å². The van der Waals surface area contributed by atoms with E-state index in [1.807, 2.05) is 13.0 Å². The van der Waals surface area contributed by atoms with Crippen molar-refractivity contribution in [1.82, 2.24) is 9.97 Å². The first-order chi connectivity index (χ1) is 10.2. The Bertz CT molecular complexity index is 852. The van der Waals surface area contributed by atoms with Crippen molar-refractivity contribution in [3.63, 3.8) is 0 Å². The summed E-state index contributed by atoms with van der Waals surface area (Å²) in [7, 11) is 0. The molecule has 0 aliphatic rings. The lowest BCUT2D eigenvalue weighted by atomic mass is 10.2. The van der Waals surface area contributed by atoms with Gasteiger partial charge in [-0.3, -0.25) is 5.43 Å². The minimum atomic E-state index is 0.288. The van der Waals surface area contributed by atoms with Crippen LogP contribution in [0.4, 0.5) is 5.95 Å². The predicted molar refractivity (Wildman–Crippen MR) is 81.2 cm³/mol. The number of nitriles is 1. The lowest BCUT2D eigenvalue weighted by Crippen LogP contribution is -2.10. The van der Waals surface area contributed by atoms with Crippen molar-refractivity contribution in [2.45, 2.75) is 6.92 Å². The van der Waals surface area contributed by atoms with Crippen LogP contribution in [0.2, 0.25) is 0 Å². The van der Waals surface area contributed by atoms with Gasteiger partial charge in [0.2, 0.25) is 11.8 Å². The molecule has 2 heterocycles. The molecule has 0 aliphatic heterocycles. The average Bonchev–Trinajstić information content (AvgIpc) is 2.88. The van der Waals surface area contributed by atoms with Gasteiger partial charge in [0.25, 0.3) is 0 Å². The van der Waals surface area contributed by atoms with Crippen molar-refractivity contribution < 1.29 is 4.74 Å². The lowest BCUT2D eigenvalue weighted by molar-refractivity contribution is 0.469. The van der Waals surface area contributed by atoms with Crippen molar-refractivity contribution in [2.75, 3.05) is 5.43 Å². The second-order valence-corrected chi connectivity index (χ2v) is 5.55. The van der Waals surface area contributed by atoms with Crippen LogP contribution in [0, 0.1) is 18.3 Å². The monoisotopic (exact) mass is 297 g/mol. The van der Waals surface area contributed by atoms with Crippen LogP contribution in [0.15, 0.2) is 30.3 Å². The third-order valence-corrected chi connectivity index (χ3v) is 3.73. The van der Waals surface area contributed by atoms with Gasteiger partial charge < -0.3 is 4.74 Å². The van der Waals surface area contributed by atoms with E-state index in [0.29, 0.717) is 17.2 Å². The smallest absolute Gasteiger partial charge is 0.241 e. The van der Waals surface area contributed by atoms with E-state index >= 15 is 0 Å². The summed E-state index contributed by atoms with van der Waals surface area (Å²) in [6.45, 7) is 1.99. The minimum absolute atomic E-state index is 0.288. The summed E-state index contributed by atoms with van der Waals surface area (Å²) in [6, 6.07) is 10.9. The summed E-state index contributed by atoms with van der Waals surface area (Å²) in [5.41, 5.74) is 2.95. The molecule has 0 bridgehead atoms. The summed E-state index contributed by atoms with van der Waals surface area (Å²) < 4.78 is 5.80. The predicted octanol–water partition coefficient (Wildman–Crippen LogP) is 2.95. The molecule has 0 spiro atoms. The summed E-state index contributed by atoms with van der Waals surface area (Å²) in [4.78, 5) is 10.4. The molecule has 0 saturated carbocycles. The van der Waals surface area contributed by atoms with Crippen molar-refractivity contribution in [2.24, 2.45) is 5.84 Å². The first-order valence-corrected chi connectivity index (χ1v) is 6.94. The van der Waals surface area contributed by atoms with Crippen LogP contribution in [-0.4, -0.2) is 9.97 Å². The van der Waals surface area contributed by atoms with Gasteiger partial charge in [-0.15, -0.1) is 11.3 Å². The number of thiophene rings is 1. The Balaban J connectivity index is 2.08. The Morgan fingerprint density at radius 2 is 2.19 bits per heavy atom. The number of hydrogen-bond acceptors (Lipinski definition) is 7. The Morgan fingerprint density at radius 1 is 1.33 bits per heavy atom. The molecule has 1 aromatic carbocycles. The molecule has 21 heavy (non-hydrogen) atoms. The van der Waals surface area contributed by atoms with E-state index < -0.39 is 0 Å². The van der Waals surface area contributed by atoms with E-state index in [1.54, 1.807) is 24.3 Å². The quantitative estimate of drug-likeness (QED) is 0.570. The number of anilines is 1. The summed E-state index contributed by atoms with van der Waals surface area (Å²) >= 11 is 1.54. The number of nitrogen functional groups attached to an aromatic ring is 1. The molecule has 0 fully saturated rings. The van der Waals surface area contributed by atoms with Crippen LogP contribution in [0.3, 0.4) is 0 Å². The van der Waals surface area contributed by atoms with Crippen LogP contribution in [-0.2, 0) is 0 Å². The molecule has 0 atom stereocenters. The molecule has 104 valence electrons. The highest BCUT2D eigenvalue weighted by Crippen LogP contribution is 2.33. The van der Waals surface area contributed by atoms with E-state index in [1.165, 1.54) is 11.3 Å².